The maximum absolute atomic E-state index is 5.92. The van der Waals surface area contributed by atoms with E-state index in [0.29, 0.717) is 33.9 Å². The minimum Gasteiger partial charge on any atom is -0.438 e. The summed E-state index contributed by atoms with van der Waals surface area (Å²) in [6.45, 7) is 1.96. The zero-order valence-corrected chi connectivity index (χ0v) is 11.2. The highest BCUT2D eigenvalue weighted by Crippen LogP contribution is 2.30. The van der Waals surface area contributed by atoms with Gasteiger partial charge in [-0.15, -0.1) is 0 Å². The van der Waals surface area contributed by atoms with Crippen LogP contribution in [0.25, 0.3) is 0 Å². The van der Waals surface area contributed by atoms with Gasteiger partial charge in [-0.2, -0.15) is 0 Å². The Kier molecular flexibility index (Phi) is 3.89. The van der Waals surface area contributed by atoms with Gasteiger partial charge in [0.2, 0.25) is 5.88 Å². The number of ether oxygens (including phenoxy) is 1. The van der Waals surface area contributed by atoms with Crippen LogP contribution in [0, 0.1) is 0 Å². The number of halogens is 2. The van der Waals surface area contributed by atoms with Crippen molar-refractivity contribution in [2.75, 3.05) is 5.73 Å². The molecule has 0 spiro atoms. The zero-order valence-electron chi connectivity index (χ0n) is 9.65. The van der Waals surface area contributed by atoms with Crippen LogP contribution in [-0.2, 0) is 6.42 Å². The number of nitrogens with two attached hydrogens (primary N) is 1. The van der Waals surface area contributed by atoms with E-state index in [1.54, 1.807) is 18.2 Å². The summed E-state index contributed by atoms with van der Waals surface area (Å²) < 4.78 is 5.64. The van der Waals surface area contributed by atoms with Gasteiger partial charge in [0.15, 0.2) is 0 Å². The molecule has 0 saturated heterocycles. The van der Waals surface area contributed by atoms with E-state index in [2.05, 4.69) is 9.97 Å². The zero-order chi connectivity index (χ0) is 13.1. The minimum absolute atomic E-state index is 0.419. The molecule has 18 heavy (non-hydrogen) atoms. The lowest BCUT2D eigenvalue weighted by molar-refractivity contribution is 0.456. The second-order valence-electron chi connectivity index (χ2n) is 3.57. The fourth-order valence-corrected chi connectivity index (χ4v) is 1.77. The normalized spacial score (nSPS) is 10.4. The molecule has 0 unspecified atom stereocenters. The molecule has 1 aromatic carbocycles. The molecule has 6 heteroatoms. The number of rotatable bonds is 3. The van der Waals surface area contributed by atoms with Crippen molar-refractivity contribution in [3.8, 4) is 11.6 Å². The Hall–Kier alpha value is -1.52. The Bertz CT molecular complexity index is 575. The van der Waals surface area contributed by atoms with Crippen molar-refractivity contribution in [3.63, 3.8) is 0 Å². The van der Waals surface area contributed by atoms with Crippen LogP contribution in [0.3, 0.4) is 0 Å². The smallest absolute Gasteiger partial charge is 0.227 e. The second kappa shape index (κ2) is 5.42. The largest absolute Gasteiger partial charge is 0.438 e. The van der Waals surface area contributed by atoms with E-state index in [9.17, 15) is 0 Å². The minimum atomic E-state index is 0.419. The summed E-state index contributed by atoms with van der Waals surface area (Å²) >= 11 is 11.7. The first-order chi connectivity index (χ1) is 8.61. The number of benzene rings is 1. The molecule has 0 fully saturated rings. The molecule has 1 aromatic heterocycles. The lowest BCUT2D eigenvalue weighted by Crippen LogP contribution is -2.01. The monoisotopic (exact) mass is 283 g/mol. The number of hydrogen-bond acceptors (Lipinski definition) is 4. The van der Waals surface area contributed by atoms with Crippen LogP contribution in [-0.4, -0.2) is 9.97 Å². The van der Waals surface area contributed by atoms with Gasteiger partial charge < -0.3 is 10.5 Å². The van der Waals surface area contributed by atoms with Crippen LogP contribution in [0.15, 0.2) is 24.5 Å². The lowest BCUT2D eigenvalue weighted by Gasteiger charge is -2.10. The molecule has 0 atom stereocenters. The summed E-state index contributed by atoms with van der Waals surface area (Å²) in [4.78, 5) is 7.99. The van der Waals surface area contributed by atoms with Crippen molar-refractivity contribution in [1.82, 2.24) is 9.97 Å². The van der Waals surface area contributed by atoms with Crippen LogP contribution in [0.4, 0.5) is 5.82 Å². The Balaban J connectivity index is 2.34. The van der Waals surface area contributed by atoms with Gasteiger partial charge in [-0.05, 0) is 18.6 Å². The van der Waals surface area contributed by atoms with Crippen molar-refractivity contribution in [1.29, 1.82) is 0 Å². The van der Waals surface area contributed by atoms with Gasteiger partial charge in [0.05, 0.1) is 15.6 Å². The molecule has 0 aliphatic rings. The molecule has 2 rings (SSSR count). The Labute approximate surface area is 115 Å². The van der Waals surface area contributed by atoms with E-state index in [0.717, 1.165) is 5.56 Å². The van der Waals surface area contributed by atoms with Crippen LogP contribution < -0.4 is 10.5 Å². The Morgan fingerprint density at radius 1 is 1.22 bits per heavy atom. The number of aromatic nitrogens is 2. The van der Waals surface area contributed by atoms with Crippen molar-refractivity contribution >= 4 is 29.0 Å². The highest BCUT2D eigenvalue weighted by molar-refractivity contribution is 6.42. The standard InChI is InChI=1S/C12H11Cl2N3O/c1-2-8-11(15)16-6-17-12(8)18-7-3-4-9(13)10(14)5-7/h3-6H,2H2,1H3,(H2,15,16,17). The summed E-state index contributed by atoms with van der Waals surface area (Å²) in [5.41, 5.74) is 6.53. The van der Waals surface area contributed by atoms with Gasteiger partial charge in [0.1, 0.15) is 17.9 Å². The summed E-state index contributed by atoms with van der Waals surface area (Å²) in [5, 5.41) is 0.899. The molecule has 0 radical (unpaired) electrons. The molecule has 1 heterocycles. The maximum atomic E-state index is 5.92. The summed E-state index contributed by atoms with van der Waals surface area (Å²) in [6.07, 6.45) is 2.05. The molecule has 94 valence electrons. The van der Waals surface area contributed by atoms with Crippen molar-refractivity contribution in [2.24, 2.45) is 0 Å². The number of nitrogen functional groups attached to an aromatic ring is 1. The van der Waals surface area contributed by atoms with E-state index >= 15 is 0 Å². The van der Waals surface area contributed by atoms with Crippen molar-refractivity contribution in [2.45, 2.75) is 13.3 Å². The van der Waals surface area contributed by atoms with E-state index in [1.807, 2.05) is 6.92 Å². The SMILES string of the molecule is CCc1c(N)ncnc1Oc1ccc(Cl)c(Cl)c1. The fraction of sp³-hybridized carbons (Fsp3) is 0.167. The molecule has 0 saturated carbocycles. The number of hydrogen-bond donors (Lipinski definition) is 1. The Morgan fingerprint density at radius 3 is 2.67 bits per heavy atom. The topological polar surface area (TPSA) is 61.0 Å². The fourth-order valence-electron chi connectivity index (χ4n) is 1.48. The third-order valence-corrected chi connectivity index (χ3v) is 3.14. The molecule has 0 amide bonds. The van der Waals surface area contributed by atoms with E-state index in [4.69, 9.17) is 33.7 Å². The average Bonchev–Trinajstić information content (AvgIpc) is 2.34. The molecule has 0 bridgehead atoms. The molecule has 0 aliphatic heterocycles. The molecule has 0 aliphatic carbocycles. The van der Waals surface area contributed by atoms with Gasteiger partial charge in [-0.1, -0.05) is 30.1 Å². The van der Waals surface area contributed by atoms with E-state index < -0.39 is 0 Å². The molecular weight excluding hydrogens is 273 g/mol. The molecule has 2 aromatic rings. The summed E-state index contributed by atoms with van der Waals surface area (Å²) in [5.74, 6) is 1.41. The quantitative estimate of drug-likeness (QED) is 0.933. The lowest BCUT2D eigenvalue weighted by atomic mass is 10.2. The Morgan fingerprint density at radius 2 is 2.00 bits per heavy atom. The predicted octanol–water partition coefficient (Wildman–Crippen LogP) is 3.72. The van der Waals surface area contributed by atoms with Gasteiger partial charge in [0.25, 0.3) is 0 Å². The third-order valence-electron chi connectivity index (χ3n) is 2.40. The first-order valence-electron chi connectivity index (χ1n) is 5.34. The highest BCUT2D eigenvalue weighted by Gasteiger charge is 2.10. The summed E-state index contributed by atoms with van der Waals surface area (Å²) in [7, 11) is 0. The van der Waals surface area contributed by atoms with Crippen LogP contribution in [0.1, 0.15) is 12.5 Å². The van der Waals surface area contributed by atoms with Crippen LogP contribution in [0.5, 0.6) is 11.6 Å². The van der Waals surface area contributed by atoms with Crippen molar-refractivity contribution < 1.29 is 4.74 Å². The maximum Gasteiger partial charge on any atom is 0.227 e. The molecule has 2 N–H and O–H groups in total. The van der Waals surface area contributed by atoms with Crippen LogP contribution >= 0.6 is 23.2 Å². The van der Waals surface area contributed by atoms with E-state index in [1.165, 1.54) is 6.33 Å². The number of nitrogens with zero attached hydrogens (tertiary/aromatic N) is 2. The van der Waals surface area contributed by atoms with Gasteiger partial charge in [0, 0.05) is 6.07 Å². The van der Waals surface area contributed by atoms with Crippen LogP contribution in [0.2, 0.25) is 10.0 Å². The van der Waals surface area contributed by atoms with Gasteiger partial charge in [-0.3, -0.25) is 0 Å². The molecule has 4 nitrogen and oxygen atoms in total. The number of anilines is 1. The first kappa shape index (κ1) is 12.9. The van der Waals surface area contributed by atoms with Gasteiger partial charge in [-0.25, -0.2) is 9.97 Å². The second-order valence-corrected chi connectivity index (χ2v) is 4.39. The highest BCUT2D eigenvalue weighted by atomic mass is 35.5. The first-order valence-corrected chi connectivity index (χ1v) is 6.09. The van der Waals surface area contributed by atoms with Gasteiger partial charge >= 0.3 is 0 Å². The van der Waals surface area contributed by atoms with Crippen molar-refractivity contribution in [3.05, 3.63) is 40.1 Å². The van der Waals surface area contributed by atoms with E-state index in [-0.39, 0.29) is 0 Å². The third kappa shape index (κ3) is 2.66. The summed E-state index contributed by atoms with van der Waals surface area (Å²) in [6, 6.07) is 5.00. The predicted molar refractivity (Wildman–Crippen MR) is 72.4 cm³/mol. The molecular formula is C12H11Cl2N3O. The average molecular weight is 284 g/mol.